The van der Waals surface area contributed by atoms with Gasteiger partial charge in [0.15, 0.2) is 5.69 Å². The molecule has 6 N–H and O–H groups in total. The number of nitrogens with one attached hydrogen (secondary N) is 1. The van der Waals surface area contributed by atoms with E-state index in [2.05, 4.69) is 4.98 Å². The molecule has 1 aromatic carbocycles. The van der Waals surface area contributed by atoms with Gasteiger partial charge in [0.25, 0.3) is 0 Å². The predicted octanol–water partition coefficient (Wildman–Crippen LogP) is 0.466. The second-order valence-corrected chi connectivity index (χ2v) is 6.66. The Morgan fingerprint density at radius 2 is 2.00 bits per heavy atom. The van der Waals surface area contributed by atoms with Gasteiger partial charge in [0.1, 0.15) is 16.7 Å². The van der Waals surface area contributed by atoms with Gasteiger partial charge in [-0.1, -0.05) is 0 Å². The van der Waals surface area contributed by atoms with E-state index >= 15 is 0 Å². The fraction of sp³-hybridized carbons (Fsp3) is 0.0769. The maximum atomic E-state index is 14.5. The predicted molar refractivity (Wildman–Crippen MR) is 96.8 cm³/mol. The molecule has 0 aliphatic heterocycles. The van der Waals surface area contributed by atoms with Gasteiger partial charge in [-0.25, -0.2) is 31.7 Å². The number of amidine groups is 1. The number of halogens is 1. The Morgan fingerprint density at radius 3 is 2.48 bits per heavy atom. The fourth-order valence-corrected chi connectivity index (χ4v) is 3.73. The lowest BCUT2D eigenvalue weighted by Crippen LogP contribution is -2.42. The number of nitrogens with two attached hydrogens (primary N) is 2. The van der Waals surface area contributed by atoms with E-state index in [9.17, 15) is 22.4 Å². The van der Waals surface area contributed by atoms with Crippen molar-refractivity contribution in [2.24, 2.45) is 11.5 Å². The van der Waals surface area contributed by atoms with Crippen LogP contribution in [0.2, 0.25) is 0 Å². The highest BCUT2D eigenvalue weighted by Crippen LogP contribution is 2.34. The van der Waals surface area contributed by atoms with Crippen LogP contribution >= 0.6 is 11.3 Å². The molecular weight excluding hydrogens is 403 g/mol. The summed E-state index contributed by atoms with van der Waals surface area (Å²) < 4.78 is 38.4. The summed E-state index contributed by atoms with van der Waals surface area (Å²) in [6, 6.07) is 1.91. The van der Waals surface area contributed by atoms with Crippen molar-refractivity contribution in [3.8, 4) is 0 Å². The molecule has 0 atom stereocenters. The quantitative estimate of drug-likeness (QED) is 0.247. The number of nitrogens with zero attached hydrogens (tertiary/aromatic N) is 3. The SMILES string of the molecule is N=C(N)CN(C(N)=O)c1ccc(N(c2scnc2C(=O)O)[SH](=O)=O)cc1F. The number of carbonyl (C=O) groups is 2. The number of carbonyl (C=O) groups excluding carboxylic acids is 1. The van der Waals surface area contributed by atoms with Crippen LogP contribution in [0.5, 0.6) is 0 Å². The average molecular weight is 416 g/mol. The Kier molecular flexibility index (Phi) is 5.91. The molecule has 1 heterocycles. The van der Waals surface area contributed by atoms with Crippen LogP contribution in [-0.2, 0) is 10.9 Å². The van der Waals surface area contributed by atoms with Gasteiger partial charge < -0.3 is 16.6 Å². The second kappa shape index (κ2) is 7.96. The maximum absolute atomic E-state index is 14.5. The number of thiazole rings is 1. The first-order valence-corrected chi connectivity index (χ1v) is 8.95. The molecule has 14 heteroatoms. The molecule has 2 aromatic rings. The Hall–Kier alpha value is -3.26. The second-order valence-electron chi connectivity index (χ2n) is 4.95. The van der Waals surface area contributed by atoms with Gasteiger partial charge in [-0.2, -0.15) is 0 Å². The minimum Gasteiger partial charge on any atom is -0.476 e. The van der Waals surface area contributed by atoms with Crippen molar-refractivity contribution in [2.45, 2.75) is 0 Å². The topological polar surface area (TPSA) is 184 Å². The van der Waals surface area contributed by atoms with Crippen LogP contribution in [0.25, 0.3) is 0 Å². The van der Waals surface area contributed by atoms with E-state index in [0.29, 0.717) is 9.21 Å². The number of urea groups is 1. The summed E-state index contributed by atoms with van der Waals surface area (Å²) in [5, 5.41) is 16.1. The molecule has 0 radical (unpaired) electrons. The molecular formula is C13H13FN6O5S2. The van der Waals surface area contributed by atoms with Crippen LogP contribution < -0.4 is 20.7 Å². The summed E-state index contributed by atoms with van der Waals surface area (Å²) in [7, 11) is -3.38. The number of amides is 2. The Bertz CT molecular complexity index is 983. The number of benzene rings is 1. The first kappa shape index (κ1) is 20.1. The van der Waals surface area contributed by atoms with Gasteiger partial charge in [-0.15, -0.1) is 11.3 Å². The normalized spacial score (nSPS) is 10.6. The monoisotopic (exact) mass is 416 g/mol. The molecule has 0 saturated carbocycles. The third-order valence-electron chi connectivity index (χ3n) is 3.17. The molecule has 11 nitrogen and oxygen atoms in total. The first-order chi connectivity index (χ1) is 12.6. The summed E-state index contributed by atoms with van der Waals surface area (Å²) in [6.45, 7) is -0.469. The maximum Gasteiger partial charge on any atom is 0.357 e. The molecule has 0 unspecified atom stereocenters. The highest BCUT2D eigenvalue weighted by atomic mass is 32.2. The molecule has 0 saturated heterocycles. The number of anilines is 3. The van der Waals surface area contributed by atoms with Crippen molar-refractivity contribution in [3.05, 3.63) is 35.2 Å². The molecule has 0 spiro atoms. The lowest BCUT2D eigenvalue weighted by molar-refractivity contribution is 0.0692. The summed E-state index contributed by atoms with van der Waals surface area (Å²) in [5.41, 5.74) is 10.4. The van der Waals surface area contributed by atoms with Gasteiger partial charge in [0.2, 0.25) is 10.9 Å². The van der Waals surface area contributed by atoms with E-state index < -0.39 is 46.8 Å². The Balaban J connectivity index is 2.53. The van der Waals surface area contributed by atoms with Gasteiger partial charge in [-0.05, 0) is 12.1 Å². The Labute approximate surface area is 157 Å². The van der Waals surface area contributed by atoms with Crippen LogP contribution in [0.1, 0.15) is 10.5 Å². The fourth-order valence-electron chi connectivity index (χ4n) is 2.12. The number of carboxylic acids is 1. The molecule has 0 bridgehead atoms. The van der Waals surface area contributed by atoms with Crippen molar-refractivity contribution in [3.63, 3.8) is 0 Å². The van der Waals surface area contributed by atoms with Crippen molar-refractivity contribution in [1.82, 2.24) is 4.98 Å². The number of hydrogen-bond acceptors (Lipinski definition) is 7. The van der Waals surface area contributed by atoms with Gasteiger partial charge >= 0.3 is 12.0 Å². The first-order valence-electron chi connectivity index (χ1n) is 6.94. The Morgan fingerprint density at radius 1 is 1.33 bits per heavy atom. The molecule has 2 amide bonds. The zero-order valence-corrected chi connectivity index (χ0v) is 15.0. The number of thiol groups is 1. The van der Waals surface area contributed by atoms with E-state index in [0.717, 1.165) is 35.0 Å². The van der Waals surface area contributed by atoms with Gasteiger partial charge in [0.05, 0.1) is 23.4 Å². The number of aromatic carboxylic acids is 1. The summed E-state index contributed by atoms with van der Waals surface area (Å²) in [5.74, 6) is -2.93. The number of rotatable bonds is 7. The number of hydrogen-bond donors (Lipinski definition) is 5. The van der Waals surface area contributed by atoms with Crippen LogP contribution in [0.15, 0.2) is 23.7 Å². The summed E-state index contributed by atoms with van der Waals surface area (Å²) in [4.78, 5) is 26.9. The van der Waals surface area contributed by atoms with E-state index in [4.69, 9.17) is 22.0 Å². The van der Waals surface area contributed by atoms with E-state index in [-0.39, 0.29) is 16.4 Å². The van der Waals surface area contributed by atoms with Crippen LogP contribution in [0, 0.1) is 11.2 Å². The lowest BCUT2D eigenvalue weighted by atomic mass is 10.2. The molecule has 1 aromatic heterocycles. The van der Waals surface area contributed by atoms with Crippen LogP contribution in [0.4, 0.5) is 25.6 Å². The highest BCUT2D eigenvalue weighted by molar-refractivity contribution is 7.74. The largest absolute Gasteiger partial charge is 0.476 e. The average Bonchev–Trinajstić information content (AvgIpc) is 3.02. The summed E-state index contributed by atoms with van der Waals surface area (Å²) >= 11 is 0.737. The zero-order chi connectivity index (χ0) is 20.3. The van der Waals surface area contributed by atoms with Crippen LogP contribution in [0.3, 0.4) is 0 Å². The third kappa shape index (κ3) is 4.29. The minimum absolute atomic E-state index is 0.216. The number of aromatic nitrogens is 1. The van der Waals surface area contributed by atoms with E-state index in [1.54, 1.807) is 0 Å². The van der Waals surface area contributed by atoms with Gasteiger partial charge in [0, 0.05) is 6.07 Å². The molecule has 0 fully saturated rings. The van der Waals surface area contributed by atoms with Crippen molar-refractivity contribution in [1.29, 1.82) is 5.41 Å². The number of primary amides is 1. The molecule has 144 valence electrons. The van der Waals surface area contributed by atoms with E-state index in [1.807, 2.05) is 0 Å². The molecule has 0 aliphatic rings. The zero-order valence-electron chi connectivity index (χ0n) is 13.3. The lowest BCUT2D eigenvalue weighted by Gasteiger charge is -2.22. The standard InChI is InChI=1S/C13H13FN6O5S2/c14-7-3-6(1-2-8(7)19(13(17)23)4-9(15)16)20(27(24)25)11-10(12(21)22)18-5-26-11/h1-3,5,27H,4H2,(H3,15,16)(H2,17,23)(H,21,22). The van der Waals surface area contributed by atoms with E-state index in [1.165, 1.54) is 0 Å². The van der Waals surface area contributed by atoms with Crippen molar-refractivity contribution >= 4 is 56.4 Å². The minimum atomic E-state index is -3.38. The van der Waals surface area contributed by atoms with Crippen molar-refractivity contribution < 1.29 is 27.5 Å². The molecule has 0 aliphatic carbocycles. The van der Waals surface area contributed by atoms with Crippen molar-refractivity contribution in [2.75, 3.05) is 15.7 Å². The molecule has 2 rings (SSSR count). The van der Waals surface area contributed by atoms with Crippen LogP contribution in [-0.4, -0.2) is 42.9 Å². The smallest absolute Gasteiger partial charge is 0.357 e. The summed E-state index contributed by atoms with van der Waals surface area (Å²) in [6.07, 6.45) is 0. The number of carboxylic acid groups (broad SMARTS) is 1. The molecule has 27 heavy (non-hydrogen) atoms. The highest BCUT2D eigenvalue weighted by Gasteiger charge is 2.25. The third-order valence-corrected chi connectivity index (χ3v) is 4.87. The van der Waals surface area contributed by atoms with Gasteiger partial charge in [-0.3, -0.25) is 10.3 Å².